The number of ether oxygens (including phenoxy) is 1. The Morgan fingerprint density at radius 3 is 2.61 bits per heavy atom. The highest BCUT2D eigenvalue weighted by Crippen LogP contribution is 2.30. The van der Waals surface area contributed by atoms with Gasteiger partial charge in [-0.3, -0.25) is 10.1 Å². The van der Waals surface area contributed by atoms with Crippen molar-refractivity contribution in [2.24, 2.45) is 0 Å². The second-order valence-corrected chi connectivity index (χ2v) is 5.67. The molecule has 1 fully saturated rings. The second kappa shape index (κ2) is 4.54. The minimum atomic E-state index is -3.78. The van der Waals surface area contributed by atoms with Gasteiger partial charge in [-0.05, 0) is 18.9 Å². The Morgan fingerprint density at radius 1 is 1.44 bits per heavy atom. The molecule has 1 aliphatic carbocycles. The lowest BCUT2D eigenvalue weighted by Crippen LogP contribution is -2.26. The molecule has 1 aromatic carbocycles. The van der Waals surface area contributed by atoms with E-state index in [2.05, 4.69) is 4.72 Å². The molecule has 8 heteroatoms. The number of benzene rings is 1. The number of nitrogens with one attached hydrogen (secondary N) is 1. The van der Waals surface area contributed by atoms with Crippen molar-refractivity contribution >= 4 is 15.7 Å². The summed E-state index contributed by atoms with van der Waals surface area (Å²) in [5.74, 6) is 0.0914. The van der Waals surface area contributed by atoms with Gasteiger partial charge in [0.15, 0.2) is 0 Å². The molecule has 18 heavy (non-hydrogen) atoms. The smallest absolute Gasteiger partial charge is 0.271 e. The standard InChI is InChI=1S/C10H12N2O5S/c1-17-9-5-4-8(12(13)14)6-10(9)18(15,16)11-7-2-3-7/h4-7,11H,2-3H2,1H3. The van der Waals surface area contributed by atoms with Crippen LogP contribution in [0.5, 0.6) is 5.75 Å². The van der Waals surface area contributed by atoms with Crippen LogP contribution in [0.25, 0.3) is 0 Å². The van der Waals surface area contributed by atoms with Crippen molar-refractivity contribution in [3.8, 4) is 5.75 Å². The average molecular weight is 272 g/mol. The number of hydrogen-bond donors (Lipinski definition) is 1. The average Bonchev–Trinajstić information content (AvgIpc) is 3.11. The fourth-order valence-corrected chi connectivity index (χ4v) is 2.97. The first-order valence-electron chi connectivity index (χ1n) is 5.29. The van der Waals surface area contributed by atoms with E-state index >= 15 is 0 Å². The summed E-state index contributed by atoms with van der Waals surface area (Å²) in [5.41, 5.74) is -0.285. The number of rotatable bonds is 5. The van der Waals surface area contributed by atoms with E-state index in [1.165, 1.54) is 19.2 Å². The Bertz CT molecular complexity index is 580. The van der Waals surface area contributed by atoms with Gasteiger partial charge in [-0.15, -0.1) is 0 Å². The summed E-state index contributed by atoms with van der Waals surface area (Å²) in [6, 6.07) is 3.41. The number of non-ortho nitro benzene ring substituents is 1. The van der Waals surface area contributed by atoms with Crippen LogP contribution in [0.15, 0.2) is 23.1 Å². The van der Waals surface area contributed by atoms with E-state index in [4.69, 9.17) is 4.74 Å². The molecule has 98 valence electrons. The van der Waals surface area contributed by atoms with Crippen molar-refractivity contribution in [1.82, 2.24) is 4.72 Å². The number of nitrogens with zero attached hydrogens (tertiary/aromatic N) is 1. The molecule has 0 aliphatic heterocycles. The SMILES string of the molecule is COc1ccc([N+](=O)[O-])cc1S(=O)(=O)NC1CC1. The quantitative estimate of drug-likeness (QED) is 0.638. The first-order chi connectivity index (χ1) is 8.44. The predicted octanol–water partition coefficient (Wildman–Crippen LogP) is 1.04. The first-order valence-corrected chi connectivity index (χ1v) is 6.77. The van der Waals surface area contributed by atoms with E-state index in [0.717, 1.165) is 18.9 Å². The molecule has 1 aromatic rings. The predicted molar refractivity (Wildman–Crippen MR) is 63.0 cm³/mol. The fourth-order valence-electron chi connectivity index (χ4n) is 1.47. The molecule has 0 saturated heterocycles. The van der Waals surface area contributed by atoms with Crippen molar-refractivity contribution in [1.29, 1.82) is 0 Å². The Kier molecular flexibility index (Phi) is 3.22. The molecule has 0 heterocycles. The maximum atomic E-state index is 12.0. The zero-order valence-corrected chi connectivity index (χ0v) is 10.4. The number of sulfonamides is 1. The van der Waals surface area contributed by atoms with E-state index in [9.17, 15) is 18.5 Å². The Hall–Kier alpha value is -1.67. The van der Waals surface area contributed by atoms with Crippen LogP contribution in [0, 0.1) is 10.1 Å². The van der Waals surface area contributed by atoms with Gasteiger partial charge in [0.25, 0.3) is 5.69 Å². The molecule has 0 spiro atoms. The number of hydrogen-bond acceptors (Lipinski definition) is 5. The maximum Gasteiger partial charge on any atom is 0.271 e. The number of methoxy groups -OCH3 is 1. The van der Waals surface area contributed by atoms with E-state index in [1.807, 2.05) is 0 Å². The minimum absolute atomic E-state index is 0.0704. The van der Waals surface area contributed by atoms with E-state index < -0.39 is 14.9 Å². The second-order valence-electron chi connectivity index (χ2n) is 3.99. The van der Waals surface area contributed by atoms with Crippen LogP contribution < -0.4 is 9.46 Å². The van der Waals surface area contributed by atoms with Crippen LogP contribution in [0.4, 0.5) is 5.69 Å². The van der Waals surface area contributed by atoms with Crippen molar-refractivity contribution in [2.45, 2.75) is 23.8 Å². The monoisotopic (exact) mass is 272 g/mol. The van der Waals surface area contributed by atoms with Crippen LogP contribution in [-0.4, -0.2) is 26.5 Å². The minimum Gasteiger partial charge on any atom is -0.495 e. The number of nitro groups is 1. The van der Waals surface area contributed by atoms with E-state index in [1.54, 1.807) is 0 Å². The third kappa shape index (κ3) is 2.59. The van der Waals surface area contributed by atoms with Crippen LogP contribution in [0.2, 0.25) is 0 Å². The first kappa shape index (κ1) is 12.8. The van der Waals surface area contributed by atoms with Gasteiger partial charge in [-0.25, -0.2) is 13.1 Å². The molecular formula is C10H12N2O5S. The largest absolute Gasteiger partial charge is 0.495 e. The molecule has 0 atom stereocenters. The third-order valence-corrected chi connectivity index (χ3v) is 4.09. The molecule has 2 rings (SSSR count). The highest BCUT2D eigenvalue weighted by Gasteiger charge is 2.30. The summed E-state index contributed by atoms with van der Waals surface area (Å²) in [7, 11) is -2.46. The van der Waals surface area contributed by atoms with Crippen LogP contribution in [0.3, 0.4) is 0 Å². The topological polar surface area (TPSA) is 98.5 Å². The fraction of sp³-hybridized carbons (Fsp3) is 0.400. The van der Waals surface area contributed by atoms with Crippen molar-refractivity contribution in [3.05, 3.63) is 28.3 Å². The summed E-state index contributed by atoms with van der Waals surface area (Å²) in [4.78, 5) is 9.82. The lowest BCUT2D eigenvalue weighted by Gasteiger charge is -2.09. The van der Waals surface area contributed by atoms with Crippen LogP contribution in [-0.2, 0) is 10.0 Å². The highest BCUT2D eigenvalue weighted by atomic mass is 32.2. The van der Waals surface area contributed by atoms with E-state index in [-0.39, 0.29) is 22.4 Å². The molecule has 0 unspecified atom stereocenters. The van der Waals surface area contributed by atoms with Gasteiger partial charge < -0.3 is 4.74 Å². The van der Waals surface area contributed by atoms with Gasteiger partial charge in [0.2, 0.25) is 10.0 Å². The molecule has 0 bridgehead atoms. The lowest BCUT2D eigenvalue weighted by molar-refractivity contribution is -0.385. The van der Waals surface area contributed by atoms with Gasteiger partial charge in [-0.2, -0.15) is 0 Å². The van der Waals surface area contributed by atoms with Gasteiger partial charge in [0.1, 0.15) is 10.6 Å². The molecule has 0 aromatic heterocycles. The zero-order chi connectivity index (χ0) is 13.3. The van der Waals surface area contributed by atoms with Crippen molar-refractivity contribution in [2.75, 3.05) is 7.11 Å². The van der Waals surface area contributed by atoms with E-state index in [0.29, 0.717) is 0 Å². The highest BCUT2D eigenvalue weighted by molar-refractivity contribution is 7.89. The molecule has 0 radical (unpaired) electrons. The maximum absolute atomic E-state index is 12.0. The molecule has 1 aliphatic rings. The van der Waals surface area contributed by atoms with Gasteiger partial charge in [0, 0.05) is 18.2 Å². The van der Waals surface area contributed by atoms with Gasteiger partial charge in [0.05, 0.1) is 12.0 Å². The summed E-state index contributed by atoms with van der Waals surface area (Å²) >= 11 is 0. The lowest BCUT2D eigenvalue weighted by atomic mass is 10.3. The summed E-state index contributed by atoms with van der Waals surface area (Å²) in [6.45, 7) is 0. The van der Waals surface area contributed by atoms with Gasteiger partial charge >= 0.3 is 0 Å². The van der Waals surface area contributed by atoms with Crippen molar-refractivity contribution in [3.63, 3.8) is 0 Å². The van der Waals surface area contributed by atoms with Gasteiger partial charge in [-0.1, -0.05) is 0 Å². The summed E-state index contributed by atoms with van der Waals surface area (Å²) < 4.78 is 31.4. The zero-order valence-electron chi connectivity index (χ0n) is 9.62. The van der Waals surface area contributed by atoms with Crippen LogP contribution >= 0.6 is 0 Å². The normalized spacial score (nSPS) is 15.4. The third-order valence-electron chi connectivity index (χ3n) is 2.55. The van der Waals surface area contributed by atoms with Crippen LogP contribution in [0.1, 0.15) is 12.8 Å². The summed E-state index contributed by atoms with van der Waals surface area (Å²) in [5, 5.41) is 10.7. The van der Waals surface area contributed by atoms with Crippen molar-refractivity contribution < 1.29 is 18.1 Å². The molecule has 0 amide bonds. The molecular weight excluding hydrogens is 260 g/mol. The number of nitro benzene ring substituents is 1. The Morgan fingerprint density at radius 2 is 2.11 bits per heavy atom. The molecule has 7 nitrogen and oxygen atoms in total. The molecule has 1 N–H and O–H groups in total. The molecule has 1 saturated carbocycles. The summed E-state index contributed by atoms with van der Waals surface area (Å²) in [6.07, 6.45) is 1.58. The Labute approximate surface area is 104 Å². The Balaban J connectivity index is 2.45.